The molecular formula is C10H17N3O. The summed E-state index contributed by atoms with van der Waals surface area (Å²) in [5.74, 6) is 0.878. The molecule has 0 aliphatic rings. The molecule has 1 heterocycles. The SMILES string of the molecule is CCNc1cccnc1N(C)CCO. The van der Waals surface area contributed by atoms with Crippen molar-refractivity contribution in [1.82, 2.24) is 4.98 Å². The second kappa shape index (κ2) is 5.44. The molecule has 0 unspecified atom stereocenters. The van der Waals surface area contributed by atoms with Gasteiger partial charge in [0.2, 0.25) is 0 Å². The average molecular weight is 195 g/mol. The third-order valence-electron chi connectivity index (χ3n) is 1.95. The van der Waals surface area contributed by atoms with Gasteiger partial charge in [0.15, 0.2) is 5.82 Å². The monoisotopic (exact) mass is 195 g/mol. The molecule has 0 aromatic carbocycles. The van der Waals surface area contributed by atoms with E-state index in [0.29, 0.717) is 6.54 Å². The summed E-state index contributed by atoms with van der Waals surface area (Å²) in [5, 5.41) is 12.1. The molecule has 2 N–H and O–H groups in total. The predicted molar refractivity (Wildman–Crippen MR) is 58.8 cm³/mol. The van der Waals surface area contributed by atoms with E-state index in [2.05, 4.69) is 10.3 Å². The van der Waals surface area contributed by atoms with Crippen molar-refractivity contribution >= 4 is 11.5 Å². The first-order valence-corrected chi connectivity index (χ1v) is 4.80. The molecule has 1 aromatic rings. The Morgan fingerprint density at radius 1 is 1.57 bits per heavy atom. The van der Waals surface area contributed by atoms with Crippen LogP contribution in [0.3, 0.4) is 0 Å². The topological polar surface area (TPSA) is 48.4 Å². The van der Waals surface area contributed by atoms with Crippen LogP contribution in [-0.2, 0) is 0 Å². The zero-order valence-electron chi connectivity index (χ0n) is 8.70. The van der Waals surface area contributed by atoms with E-state index < -0.39 is 0 Å². The van der Waals surface area contributed by atoms with Gasteiger partial charge in [0.1, 0.15) is 0 Å². The molecule has 14 heavy (non-hydrogen) atoms. The minimum atomic E-state index is 0.138. The molecule has 0 fully saturated rings. The Balaban J connectivity index is 2.82. The number of nitrogens with zero attached hydrogens (tertiary/aromatic N) is 2. The van der Waals surface area contributed by atoms with Gasteiger partial charge in [-0.3, -0.25) is 0 Å². The molecule has 0 aliphatic heterocycles. The summed E-state index contributed by atoms with van der Waals surface area (Å²) >= 11 is 0. The quantitative estimate of drug-likeness (QED) is 0.734. The number of likely N-dealkylation sites (N-methyl/N-ethyl adjacent to an activating group) is 1. The summed E-state index contributed by atoms with van der Waals surface area (Å²) < 4.78 is 0. The first-order valence-electron chi connectivity index (χ1n) is 4.80. The van der Waals surface area contributed by atoms with Gasteiger partial charge in [-0.05, 0) is 19.1 Å². The lowest BCUT2D eigenvalue weighted by molar-refractivity contribution is 0.304. The summed E-state index contributed by atoms with van der Waals surface area (Å²) in [5.41, 5.74) is 1.01. The smallest absolute Gasteiger partial charge is 0.151 e. The summed E-state index contributed by atoms with van der Waals surface area (Å²) in [6.07, 6.45) is 1.75. The Labute approximate surface area is 84.6 Å². The molecular weight excluding hydrogens is 178 g/mol. The van der Waals surface area contributed by atoms with Crippen LogP contribution in [0.5, 0.6) is 0 Å². The van der Waals surface area contributed by atoms with Crippen LogP contribution in [0.15, 0.2) is 18.3 Å². The van der Waals surface area contributed by atoms with Gasteiger partial charge in [-0.25, -0.2) is 4.98 Å². The minimum Gasteiger partial charge on any atom is -0.395 e. The largest absolute Gasteiger partial charge is 0.395 e. The minimum absolute atomic E-state index is 0.138. The van der Waals surface area contributed by atoms with E-state index in [1.54, 1.807) is 6.20 Å². The Bertz CT molecular complexity index is 278. The van der Waals surface area contributed by atoms with Crippen molar-refractivity contribution in [3.8, 4) is 0 Å². The lowest BCUT2D eigenvalue weighted by Gasteiger charge is -2.20. The van der Waals surface area contributed by atoms with Crippen LogP contribution >= 0.6 is 0 Å². The molecule has 0 radical (unpaired) electrons. The number of nitrogens with one attached hydrogen (secondary N) is 1. The average Bonchev–Trinajstić information content (AvgIpc) is 2.19. The fourth-order valence-electron chi connectivity index (χ4n) is 1.29. The second-order valence-corrected chi connectivity index (χ2v) is 3.05. The Morgan fingerprint density at radius 3 is 3.00 bits per heavy atom. The number of rotatable bonds is 5. The van der Waals surface area contributed by atoms with Gasteiger partial charge in [-0.1, -0.05) is 0 Å². The van der Waals surface area contributed by atoms with E-state index in [9.17, 15) is 0 Å². The second-order valence-electron chi connectivity index (χ2n) is 3.05. The van der Waals surface area contributed by atoms with E-state index in [0.717, 1.165) is 18.1 Å². The number of aliphatic hydroxyl groups is 1. The molecule has 0 bridgehead atoms. The van der Waals surface area contributed by atoms with Gasteiger partial charge in [-0.2, -0.15) is 0 Å². The zero-order valence-corrected chi connectivity index (χ0v) is 8.70. The van der Waals surface area contributed by atoms with Crippen LogP contribution in [0.2, 0.25) is 0 Å². The number of anilines is 2. The summed E-state index contributed by atoms with van der Waals surface area (Å²) in [6.45, 7) is 3.64. The third-order valence-corrected chi connectivity index (χ3v) is 1.95. The van der Waals surface area contributed by atoms with Crippen molar-refractivity contribution in [3.63, 3.8) is 0 Å². The summed E-state index contributed by atoms with van der Waals surface area (Å²) in [6, 6.07) is 3.88. The number of hydrogen-bond acceptors (Lipinski definition) is 4. The van der Waals surface area contributed by atoms with Crippen LogP contribution in [0, 0.1) is 0 Å². The van der Waals surface area contributed by atoms with Gasteiger partial charge < -0.3 is 15.3 Å². The Kier molecular flexibility index (Phi) is 4.19. The third kappa shape index (κ3) is 2.60. The van der Waals surface area contributed by atoms with Crippen molar-refractivity contribution in [2.75, 3.05) is 37.0 Å². The molecule has 0 saturated carbocycles. The zero-order chi connectivity index (χ0) is 10.4. The van der Waals surface area contributed by atoms with Crippen LogP contribution in [0.4, 0.5) is 11.5 Å². The van der Waals surface area contributed by atoms with Crippen molar-refractivity contribution in [2.45, 2.75) is 6.92 Å². The highest BCUT2D eigenvalue weighted by Crippen LogP contribution is 2.20. The van der Waals surface area contributed by atoms with E-state index in [1.807, 2.05) is 31.0 Å². The number of aromatic nitrogens is 1. The molecule has 78 valence electrons. The van der Waals surface area contributed by atoms with Crippen molar-refractivity contribution in [3.05, 3.63) is 18.3 Å². The molecule has 0 amide bonds. The Morgan fingerprint density at radius 2 is 2.36 bits per heavy atom. The van der Waals surface area contributed by atoms with Gasteiger partial charge in [0, 0.05) is 26.3 Å². The van der Waals surface area contributed by atoms with E-state index in [-0.39, 0.29) is 6.61 Å². The van der Waals surface area contributed by atoms with Crippen LogP contribution < -0.4 is 10.2 Å². The standard InChI is InChI=1S/C10H17N3O/c1-3-11-9-5-4-6-12-10(9)13(2)7-8-14/h4-6,11,14H,3,7-8H2,1-2H3. The van der Waals surface area contributed by atoms with Crippen LogP contribution in [0.1, 0.15) is 6.92 Å². The van der Waals surface area contributed by atoms with Crippen LogP contribution in [-0.4, -0.2) is 36.8 Å². The van der Waals surface area contributed by atoms with Crippen molar-refractivity contribution < 1.29 is 5.11 Å². The molecule has 4 heteroatoms. The van der Waals surface area contributed by atoms with E-state index in [1.165, 1.54) is 0 Å². The molecule has 0 spiro atoms. The highest BCUT2D eigenvalue weighted by molar-refractivity contribution is 5.64. The van der Waals surface area contributed by atoms with Gasteiger partial charge in [-0.15, -0.1) is 0 Å². The van der Waals surface area contributed by atoms with Gasteiger partial charge >= 0.3 is 0 Å². The van der Waals surface area contributed by atoms with E-state index >= 15 is 0 Å². The predicted octanol–water partition coefficient (Wildman–Crippen LogP) is 0.942. The maximum absolute atomic E-state index is 8.83. The molecule has 0 aliphatic carbocycles. The number of hydrogen-bond donors (Lipinski definition) is 2. The normalized spacial score (nSPS) is 9.93. The highest BCUT2D eigenvalue weighted by atomic mass is 16.3. The molecule has 1 aromatic heterocycles. The number of aliphatic hydroxyl groups excluding tert-OH is 1. The first-order chi connectivity index (χ1) is 6.79. The lowest BCUT2D eigenvalue weighted by Crippen LogP contribution is -2.23. The maximum atomic E-state index is 8.83. The van der Waals surface area contributed by atoms with Crippen molar-refractivity contribution in [2.24, 2.45) is 0 Å². The lowest BCUT2D eigenvalue weighted by atomic mass is 10.3. The summed E-state index contributed by atoms with van der Waals surface area (Å²) in [7, 11) is 1.92. The fraction of sp³-hybridized carbons (Fsp3) is 0.500. The molecule has 0 saturated heterocycles. The highest BCUT2D eigenvalue weighted by Gasteiger charge is 2.06. The maximum Gasteiger partial charge on any atom is 0.151 e. The van der Waals surface area contributed by atoms with Gasteiger partial charge in [0.25, 0.3) is 0 Å². The fourth-order valence-corrected chi connectivity index (χ4v) is 1.29. The molecule has 0 atom stereocenters. The number of pyridine rings is 1. The van der Waals surface area contributed by atoms with E-state index in [4.69, 9.17) is 5.11 Å². The first kappa shape index (κ1) is 10.8. The Hall–Kier alpha value is -1.29. The summed E-state index contributed by atoms with van der Waals surface area (Å²) in [4.78, 5) is 6.20. The molecule has 1 rings (SSSR count). The van der Waals surface area contributed by atoms with Crippen LogP contribution in [0.25, 0.3) is 0 Å². The molecule has 4 nitrogen and oxygen atoms in total. The van der Waals surface area contributed by atoms with Crippen molar-refractivity contribution in [1.29, 1.82) is 0 Å². The van der Waals surface area contributed by atoms with Gasteiger partial charge in [0.05, 0.1) is 12.3 Å².